The number of hydrogen-bond acceptors (Lipinski definition) is 4. The molecule has 0 saturated carbocycles. The van der Waals surface area contributed by atoms with E-state index in [0.717, 1.165) is 28.7 Å². The highest BCUT2D eigenvalue weighted by Gasteiger charge is 2.16. The molecule has 7 heteroatoms. The number of benzene rings is 2. The molecule has 2 aromatic carbocycles. The van der Waals surface area contributed by atoms with Crippen molar-refractivity contribution in [3.63, 3.8) is 0 Å². The molecule has 0 aliphatic carbocycles. The highest BCUT2D eigenvalue weighted by atomic mass is 35.5. The van der Waals surface area contributed by atoms with E-state index in [2.05, 4.69) is 41.4 Å². The summed E-state index contributed by atoms with van der Waals surface area (Å²) in [5.41, 5.74) is 3.28. The summed E-state index contributed by atoms with van der Waals surface area (Å²) in [6, 6.07) is 15.7. The molecule has 1 heterocycles. The number of rotatable bonds is 7. The number of halogens is 1. The Labute approximate surface area is 174 Å². The third-order valence-electron chi connectivity index (χ3n) is 4.43. The average molecular weight is 415 g/mol. The first-order valence-electron chi connectivity index (χ1n) is 9.09. The molecule has 5 nitrogen and oxygen atoms in total. The first kappa shape index (κ1) is 20.4. The van der Waals surface area contributed by atoms with Crippen molar-refractivity contribution in [3.05, 3.63) is 64.7 Å². The molecule has 0 spiro atoms. The van der Waals surface area contributed by atoms with Crippen LogP contribution in [0.5, 0.6) is 0 Å². The Morgan fingerprint density at radius 3 is 2.43 bits per heavy atom. The molecule has 0 fully saturated rings. The van der Waals surface area contributed by atoms with Gasteiger partial charge >= 0.3 is 0 Å². The maximum atomic E-state index is 12.5. The average Bonchev–Trinajstić information content (AvgIpc) is 3.11. The summed E-state index contributed by atoms with van der Waals surface area (Å²) in [5.74, 6) is 1.16. The zero-order chi connectivity index (χ0) is 20.1. The summed E-state index contributed by atoms with van der Waals surface area (Å²) in [6.45, 7) is 5.41. The number of hydrogen-bond donors (Lipinski definition) is 0. The van der Waals surface area contributed by atoms with Crippen molar-refractivity contribution in [2.24, 2.45) is 0 Å². The van der Waals surface area contributed by atoms with Crippen molar-refractivity contribution in [1.29, 1.82) is 0 Å². The fourth-order valence-electron chi connectivity index (χ4n) is 2.79. The number of amides is 1. The molecule has 1 aromatic heterocycles. The van der Waals surface area contributed by atoms with Crippen molar-refractivity contribution >= 4 is 29.3 Å². The van der Waals surface area contributed by atoms with Gasteiger partial charge in [-0.15, -0.1) is 10.2 Å². The minimum atomic E-state index is 0.0595. The van der Waals surface area contributed by atoms with Crippen LogP contribution < -0.4 is 0 Å². The standard InChI is InChI=1S/C21H23ClN4OS/c1-4-26-20(17-9-11-18(22)12-10-17)23-24-21(26)28-14-19(27)25(3)13-16-7-5-15(2)6-8-16/h5-12H,4,13-14H2,1-3H3. The Morgan fingerprint density at radius 2 is 1.79 bits per heavy atom. The Balaban J connectivity index is 1.64. The minimum absolute atomic E-state index is 0.0595. The maximum absolute atomic E-state index is 12.5. The van der Waals surface area contributed by atoms with E-state index in [4.69, 9.17) is 11.6 Å². The summed E-state index contributed by atoms with van der Waals surface area (Å²) in [7, 11) is 1.83. The molecule has 28 heavy (non-hydrogen) atoms. The lowest BCUT2D eigenvalue weighted by Gasteiger charge is -2.17. The van der Waals surface area contributed by atoms with E-state index in [1.54, 1.807) is 4.90 Å². The highest BCUT2D eigenvalue weighted by Crippen LogP contribution is 2.25. The van der Waals surface area contributed by atoms with Gasteiger partial charge in [-0.25, -0.2) is 0 Å². The van der Waals surface area contributed by atoms with Crippen LogP contribution in [-0.2, 0) is 17.9 Å². The second-order valence-electron chi connectivity index (χ2n) is 6.58. The van der Waals surface area contributed by atoms with Gasteiger partial charge in [0.2, 0.25) is 5.91 Å². The van der Waals surface area contributed by atoms with Crippen LogP contribution in [0.25, 0.3) is 11.4 Å². The van der Waals surface area contributed by atoms with Gasteiger partial charge in [0.1, 0.15) is 0 Å². The van der Waals surface area contributed by atoms with Gasteiger partial charge in [0.25, 0.3) is 0 Å². The Kier molecular flexibility index (Phi) is 6.75. The Hall–Kier alpha value is -2.31. The third kappa shape index (κ3) is 4.94. The fraction of sp³-hybridized carbons (Fsp3) is 0.286. The summed E-state index contributed by atoms with van der Waals surface area (Å²) in [4.78, 5) is 14.3. The number of nitrogens with zero attached hydrogens (tertiary/aromatic N) is 4. The second-order valence-corrected chi connectivity index (χ2v) is 7.96. The summed E-state index contributed by atoms with van der Waals surface area (Å²) in [6.07, 6.45) is 0. The highest BCUT2D eigenvalue weighted by molar-refractivity contribution is 7.99. The molecule has 146 valence electrons. The molecule has 0 unspecified atom stereocenters. The predicted octanol–water partition coefficient (Wildman–Crippen LogP) is 4.68. The van der Waals surface area contributed by atoms with E-state index >= 15 is 0 Å². The minimum Gasteiger partial charge on any atom is -0.341 e. The number of aryl methyl sites for hydroxylation is 1. The maximum Gasteiger partial charge on any atom is 0.233 e. The normalized spacial score (nSPS) is 10.9. The van der Waals surface area contributed by atoms with Crippen LogP contribution in [0, 0.1) is 6.92 Å². The second kappa shape index (κ2) is 9.26. The lowest BCUT2D eigenvalue weighted by molar-refractivity contribution is -0.127. The monoisotopic (exact) mass is 414 g/mol. The molecule has 0 aliphatic rings. The molecular formula is C21H23ClN4OS. The smallest absolute Gasteiger partial charge is 0.233 e. The molecule has 0 radical (unpaired) electrons. The van der Waals surface area contributed by atoms with E-state index in [-0.39, 0.29) is 5.91 Å². The number of thioether (sulfide) groups is 1. The number of aromatic nitrogens is 3. The molecule has 0 aliphatic heterocycles. The summed E-state index contributed by atoms with van der Waals surface area (Å²) >= 11 is 7.38. The predicted molar refractivity (Wildman–Crippen MR) is 115 cm³/mol. The molecule has 3 rings (SSSR count). The zero-order valence-electron chi connectivity index (χ0n) is 16.2. The van der Waals surface area contributed by atoms with Crippen LogP contribution in [0.1, 0.15) is 18.1 Å². The van der Waals surface area contributed by atoms with Crippen LogP contribution in [0.15, 0.2) is 53.7 Å². The molecule has 0 bridgehead atoms. The SMILES string of the molecule is CCn1c(SCC(=O)N(C)Cc2ccc(C)cc2)nnc1-c1ccc(Cl)cc1. The van der Waals surface area contributed by atoms with Crippen molar-refractivity contribution in [1.82, 2.24) is 19.7 Å². The Morgan fingerprint density at radius 1 is 1.11 bits per heavy atom. The van der Waals surface area contributed by atoms with Crippen LogP contribution in [0.4, 0.5) is 0 Å². The number of carbonyl (C=O) groups excluding carboxylic acids is 1. The van der Waals surface area contributed by atoms with Crippen LogP contribution in [-0.4, -0.2) is 38.4 Å². The number of carbonyl (C=O) groups is 1. The Bertz CT molecular complexity index is 938. The van der Waals surface area contributed by atoms with Crippen molar-refractivity contribution in [3.8, 4) is 11.4 Å². The zero-order valence-corrected chi connectivity index (χ0v) is 17.8. The van der Waals surface area contributed by atoms with E-state index in [9.17, 15) is 4.79 Å². The molecular weight excluding hydrogens is 392 g/mol. The van der Waals surface area contributed by atoms with E-state index < -0.39 is 0 Å². The van der Waals surface area contributed by atoms with Crippen LogP contribution in [0.2, 0.25) is 5.02 Å². The van der Waals surface area contributed by atoms with E-state index in [1.165, 1.54) is 17.3 Å². The van der Waals surface area contributed by atoms with Crippen molar-refractivity contribution in [2.45, 2.75) is 32.1 Å². The van der Waals surface area contributed by atoms with Crippen molar-refractivity contribution in [2.75, 3.05) is 12.8 Å². The van der Waals surface area contributed by atoms with Crippen LogP contribution in [0.3, 0.4) is 0 Å². The summed E-state index contributed by atoms with van der Waals surface area (Å²) < 4.78 is 2.02. The first-order valence-corrected chi connectivity index (χ1v) is 10.5. The van der Waals surface area contributed by atoms with E-state index in [1.807, 2.05) is 42.8 Å². The first-order chi connectivity index (χ1) is 13.5. The molecule has 0 saturated heterocycles. The quantitative estimate of drug-likeness (QED) is 0.527. The van der Waals surface area contributed by atoms with Gasteiger partial charge in [-0.3, -0.25) is 4.79 Å². The fourth-order valence-corrected chi connectivity index (χ4v) is 3.85. The molecule has 1 amide bonds. The molecule has 0 N–H and O–H groups in total. The van der Waals surface area contributed by atoms with Crippen molar-refractivity contribution < 1.29 is 4.79 Å². The van der Waals surface area contributed by atoms with Gasteiger partial charge in [0.05, 0.1) is 5.75 Å². The van der Waals surface area contributed by atoms with Gasteiger partial charge in [0.15, 0.2) is 11.0 Å². The molecule has 3 aromatic rings. The topological polar surface area (TPSA) is 51.0 Å². The third-order valence-corrected chi connectivity index (χ3v) is 5.63. The van der Waals surface area contributed by atoms with E-state index in [0.29, 0.717) is 17.3 Å². The van der Waals surface area contributed by atoms with Gasteiger partial charge in [0, 0.05) is 30.7 Å². The van der Waals surface area contributed by atoms with Crippen LogP contribution >= 0.6 is 23.4 Å². The lowest BCUT2D eigenvalue weighted by Crippen LogP contribution is -2.27. The van der Waals surface area contributed by atoms with Gasteiger partial charge in [-0.1, -0.05) is 53.2 Å². The lowest BCUT2D eigenvalue weighted by atomic mass is 10.1. The van der Waals surface area contributed by atoms with Gasteiger partial charge < -0.3 is 9.47 Å². The largest absolute Gasteiger partial charge is 0.341 e. The molecule has 0 atom stereocenters. The van der Waals surface area contributed by atoms with Gasteiger partial charge in [-0.05, 0) is 43.7 Å². The van der Waals surface area contributed by atoms with Gasteiger partial charge in [-0.2, -0.15) is 0 Å². The summed E-state index contributed by atoms with van der Waals surface area (Å²) in [5, 5.41) is 10.0.